The van der Waals surface area contributed by atoms with Crippen LogP contribution in [-0.4, -0.2) is 53.6 Å². The Labute approximate surface area is 195 Å². The summed E-state index contributed by atoms with van der Waals surface area (Å²) in [6, 6.07) is 18.0. The van der Waals surface area contributed by atoms with E-state index in [2.05, 4.69) is 10.6 Å². The van der Waals surface area contributed by atoms with Crippen LogP contribution in [0.15, 0.2) is 60.7 Å². The Kier molecular flexibility index (Phi) is 8.09. The second kappa shape index (κ2) is 11.0. The quantitative estimate of drug-likeness (QED) is 0.703. The SMILES string of the molecule is CC(C)(C)OC(=O)N[C@H](Cc1ccccc1)C(=O)N1CCC(NC(=O)c2ccccc2)CC1. The summed E-state index contributed by atoms with van der Waals surface area (Å²) in [5.74, 6) is -0.244. The summed E-state index contributed by atoms with van der Waals surface area (Å²) in [6.45, 7) is 6.39. The number of piperidine rings is 1. The zero-order chi connectivity index (χ0) is 23.8. The number of amides is 3. The van der Waals surface area contributed by atoms with Crippen LogP contribution >= 0.6 is 0 Å². The predicted molar refractivity (Wildman–Crippen MR) is 127 cm³/mol. The molecule has 1 heterocycles. The van der Waals surface area contributed by atoms with Gasteiger partial charge in [0.05, 0.1) is 0 Å². The van der Waals surface area contributed by atoms with E-state index in [0.717, 1.165) is 5.56 Å². The molecule has 0 spiro atoms. The van der Waals surface area contributed by atoms with Gasteiger partial charge in [-0.1, -0.05) is 48.5 Å². The van der Waals surface area contributed by atoms with Gasteiger partial charge in [-0.2, -0.15) is 0 Å². The largest absolute Gasteiger partial charge is 0.444 e. The van der Waals surface area contributed by atoms with Crippen molar-refractivity contribution in [1.82, 2.24) is 15.5 Å². The topological polar surface area (TPSA) is 87.7 Å². The van der Waals surface area contributed by atoms with Gasteiger partial charge in [-0.15, -0.1) is 0 Å². The van der Waals surface area contributed by atoms with Crippen molar-refractivity contribution < 1.29 is 19.1 Å². The maximum atomic E-state index is 13.3. The monoisotopic (exact) mass is 451 g/mol. The fraction of sp³-hybridized carbons (Fsp3) is 0.423. The van der Waals surface area contributed by atoms with E-state index in [9.17, 15) is 14.4 Å². The molecule has 7 heteroatoms. The molecule has 1 fully saturated rings. The molecule has 0 bridgehead atoms. The summed E-state index contributed by atoms with van der Waals surface area (Å²) in [5.41, 5.74) is 0.928. The summed E-state index contributed by atoms with van der Waals surface area (Å²) in [4.78, 5) is 39.9. The highest BCUT2D eigenvalue weighted by molar-refractivity contribution is 5.94. The molecule has 33 heavy (non-hydrogen) atoms. The average molecular weight is 452 g/mol. The average Bonchev–Trinajstić information content (AvgIpc) is 2.79. The van der Waals surface area contributed by atoms with Crippen molar-refractivity contribution in [3.05, 3.63) is 71.8 Å². The number of ether oxygens (including phenoxy) is 1. The lowest BCUT2D eigenvalue weighted by molar-refractivity contribution is -0.134. The third kappa shape index (κ3) is 7.63. The lowest BCUT2D eigenvalue weighted by Crippen LogP contribution is -2.54. The Morgan fingerprint density at radius 3 is 2.12 bits per heavy atom. The predicted octanol–water partition coefficient (Wildman–Crippen LogP) is 3.54. The zero-order valence-electron chi connectivity index (χ0n) is 19.5. The van der Waals surface area contributed by atoms with E-state index in [0.29, 0.717) is 37.9 Å². The van der Waals surface area contributed by atoms with Gasteiger partial charge in [0.2, 0.25) is 5.91 Å². The van der Waals surface area contributed by atoms with E-state index >= 15 is 0 Å². The van der Waals surface area contributed by atoms with Crippen LogP contribution in [0.5, 0.6) is 0 Å². The van der Waals surface area contributed by atoms with Crippen LogP contribution in [-0.2, 0) is 16.0 Å². The summed E-state index contributed by atoms with van der Waals surface area (Å²) >= 11 is 0. The third-order valence-electron chi connectivity index (χ3n) is 5.45. The second-order valence-corrected chi connectivity index (χ2v) is 9.33. The zero-order valence-corrected chi connectivity index (χ0v) is 19.5. The molecule has 0 aliphatic carbocycles. The van der Waals surface area contributed by atoms with Crippen molar-refractivity contribution in [3.8, 4) is 0 Å². The molecule has 7 nitrogen and oxygen atoms in total. The maximum absolute atomic E-state index is 13.3. The summed E-state index contributed by atoms with van der Waals surface area (Å²) < 4.78 is 5.38. The number of likely N-dealkylation sites (tertiary alicyclic amines) is 1. The molecule has 3 amide bonds. The lowest BCUT2D eigenvalue weighted by Gasteiger charge is -2.35. The number of nitrogens with zero attached hydrogens (tertiary/aromatic N) is 1. The first-order chi connectivity index (χ1) is 15.7. The molecule has 0 unspecified atom stereocenters. The number of carbonyl (C=O) groups excluding carboxylic acids is 3. The molecule has 176 valence electrons. The van der Waals surface area contributed by atoms with E-state index in [1.165, 1.54) is 0 Å². The molecule has 0 aromatic heterocycles. The fourth-order valence-electron chi connectivity index (χ4n) is 3.82. The van der Waals surface area contributed by atoms with E-state index in [1.54, 1.807) is 37.8 Å². The molecule has 2 N–H and O–H groups in total. The highest BCUT2D eigenvalue weighted by Crippen LogP contribution is 2.15. The highest BCUT2D eigenvalue weighted by atomic mass is 16.6. The lowest BCUT2D eigenvalue weighted by atomic mass is 10.0. The molecule has 1 saturated heterocycles. The highest BCUT2D eigenvalue weighted by Gasteiger charge is 2.31. The second-order valence-electron chi connectivity index (χ2n) is 9.33. The van der Waals surface area contributed by atoms with E-state index < -0.39 is 17.7 Å². The molecule has 3 rings (SSSR count). The molecule has 0 saturated carbocycles. The summed E-state index contributed by atoms with van der Waals surface area (Å²) in [5, 5.41) is 5.82. The first kappa shape index (κ1) is 24.3. The fourth-order valence-corrected chi connectivity index (χ4v) is 3.82. The van der Waals surface area contributed by atoms with Crippen LogP contribution in [0.25, 0.3) is 0 Å². The van der Waals surface area contributed by atoms with Gasteiger partial charge in [-0.05, 0) is 51.3 Å². The van der Waals surface area contributed by atoms with Gasteiger partial charge in [0.25, 0.3) is 5.91 Å². The molecular weight excluding hydrogens is 418 g/mol. The van der Waals surface area contributed by atoms with E-state index in [-0.39, 0.29) is 17.9 Å². The number of rotatable bonds is 6. The van der Waals surface area contributed by atoms with Crippen molar-refractivity contribution in [2.75, 3.05) is 13.1 Å². The normalized spacial score (nSPS) is 15.4. The van der Waals surface area contributed by atoms with Crippen molar-refractivity contribution in [2.24, 2.45) is 0 Å². The molecular formula is C26H33N3O4. The number of nitrogens with one attached hydrogen (secondary N) is 2. The Morgan fingerprint density at radius 2 is 1.55 bits per heavy atom. The first-order valence-corrected chi connectivity index (χ1v) is 11.4. The van der Waals surface area contributed by atoms with Crippen molar-refractivity contribution in [1.29, 1.82) is 0 Å². The van der Waals surface area contributed by atoms with Gasteiger partial charge in [0.1, 0.15) is 11.6 Å². The van der Waals surface area contributed by atoms with Crippen molar-refractivity contribution >= 4 is 17.9 Å². The van der Waals surface area contributed by atoms with Gasteiger partial charge < -0.3 is 20.3 Å². The minimum Gasteiger partial charge on any atom is -0.444 e. The van der Waals surface area contributed by atoms with E-state index in [1.807, 2.05) is 48.5 Å². The first-order valence-electron chi connectivity index (χ1n) is 11.4. The van der Waals surface area contributed by atoms with Crippen LogP contribution in [0.2, 0.25) is 0 Å². The van der Waals surface area contributed by atoms with Crippen molar-refractivity contribution in [2.45, 2.75) is 57.7 Å². The number of carbonyl (C=O) groups is 3. The van der Waals surface area contributed by atoms with E-state index in [4.69, 9.17) is 4.74 Å². The molecule has 1 aliphatic heterocycles. The minimum atomic E-state index is -0.724. The molecule has 1 atom stereocenters. The number of hydrogen-bond donors (Lipinski definition) is 2. The number of hydrogen-bond acceptors (Lipinski definition) is 4. The smallest absolute Gasteiger partial charge is 0.408 e. The standard InChI is InChI=1S/C26H33N3O4/c1-26(2,3)33-25(32)28-22(18-19-10-6-4-7-11-19)24(31)29-16-14-21(15-17-29)27-23(30)20-12-8-5-9-13-20/h4-13,21-22H,14-18H2,1-3H3,(H,27,30)(H,28,32)/t22-/m1/s1. The Hall–Kier alpha value is -3.35. The van der Waals surface area contributed by atoms with Crippen LogP contribution in [0, 0.1) is 0 Å². The van der Waals surface area contributed by atoms with Gasteiger partial charge in [0, 0.05) is 31.1 Å². The van der Waals surface area contributed by atoms with Gasteiger partial charge in [-0.25, -0.2) is 4.79 Å². The van der Waals surface area contributed by atoms with Gasteiger partial charge in [0.15, 0.2) is 0 Å². The molecule has 0 radical (unpaired) electrons. The molecule has 1 aliphatic rings. The minimum absolute atomic E-state index is 0.00754. The van der Waals surface area contributed by atoms with Gasteiger partial charge >= 0.3 is 6.09 Å². The van der Waals surface area contributed by atoms with Gasteiger partial charge in [-0.3, -0.25) is 9.59 Å². The van der Waals surface area contributed by atoms with Crippen LogP contribution in [0.4, 0.5) is 4.79 Å². The summed E-state index contributed by atoms with van der Waals surface area (Å²) in [6.07, 6.45) is 1.09. The molecule has 2 aromatic rings. The maximum Gasteiger partial charge on any atom is 0.408 e. The number of alkyl carbamates (subject to hydrolysis) is 1. The number of benzene rings is 2. The third-order valence-corrected chi connectivity index (χ3v) is 5.45. The summed E-state index contributed by atoms with van der Waals surface area (Å²) in [7, 11) is 0. The Morgan fingerprint density at radius 1 is 0.970 bits per heavy atom. The van der Waals surface area contributed by atoms with Crippen LogP contribution in [0.1, 0.15) is 49.5 Å². The van der Waals surface area contributed by atoms with Crippen LogP contribution < -0.4 is 10.6 Å². The molecule has 2 aromatic carbocycles. The Bertz CT molecular complexity index is 933. The van der Waals surface area contributed by atoms with Crippen LogP contribution in [0.3, 0.4) is 0 Å². The Balaban J connectivity index is 1.60. The van der Waals surface area contributed by atoms with Crippen molar-refractivity contribution in [3.63, 3.8) is 0 Å².